The van der Waals surface area contributed by atoms with Gasteiger partial charge in [-0.25, -0.2) is 0 Å². The molecule has 0 radical (unpaired) electrons. The SMILES string of the molecule is C1=C(c2ncccc2CC(c2cccnc2)c2cccnc2)CCCC1. The Morgan fingerprint density at radius 2 is 1.58 bits per heavy atom. The topological polar surface area (TPSA) is 38.7 Å². The molecule has 0 saturated heterocycles. The first-order valence-electron chi connectivity index (χ1n) is 9.35. The third-order valence-corrected chi connectivity index (χ3v) is 5.08. The standard InChI is InChI=1S/C23H23N3/c1-2-7-18(8-3-1)23-19(9-6-14-26-23)15-22(20-10-4-12-24-16-20)21-11-5-13-25-17-21/h4-7,9-14,16-17,22H,1-3,8,15H2. The fourth-order valence-corrected chi connectivity index (χ4v) is 3.76. The molecule has 0 aromatic carbocycles. The molecule has 1 aliphatic carbocycles. The Morgan fingerprint density at radius 1 is 0.846 bits per heavy atom. The molecule has 130 valence electrons. The largest absolute Gasteiger partial charge is 0.264 e. The Morgan fingerprint density at radius 3 is 2.19 bits per heavy atom. The maximum Gasteiger partial charge on any atom is 0.0690 e. The molecule has 3 heterocycles. The summed E-state index contributed by atoms with van der Waals surface area (Å²) in [7, 11) is 0. The molecule has 3 heteroatoms. The highest BCUT2D eigenvalue weighted by Crippen LogP contribution is 2.32. The van der Waals surface area contributed by atoms with Crippen LogP contribution in [0.2, 0.25) is 0 Å². The smallest absolute Gasteiger partial charge is 0.0690 e. The Balaban J connectivity index is 1.72. The van der Waals surface area contributed by atoms with Crippen molar-refractivity contribution in [1.29, 1.82) is 0 Å². The molecule has 3 aromatic heterocycles. The molecule has 1 aliphatic rings. The van der Waals surface area contributed by atoms with Gasteiger partial charge in [0.15, 0.2) is 0 Å². The predicted molar refractivity (Wildman–Crippen MR) is 105 cm³/mol. The van der Waals surface area contributed by atoms with Crippen molar-refractivity contribution in [3.8, 4) is 0 Å². The van der Waals surface area contributed by atoms with Crippen molar-refractivity contribution in [3.05, 3.63) is 95.8 Å². The van der Waals surface area contributed by atoms with Crippen LogP contribution >= 0.6 is 0 Å². The maximum absolute atomic E-state index is 4.74. The van der Waals surface area contributed by atoms with E-state index in [1.807, 2.05) is 49.2 Å². The number of hydrogen-bond acceptors (Lipinski definition) is 3. The van der Waals surface area contributed by atoms with Crippen LogP contribution in [0, 0.1) is 0 Å². The van der Waals surface area contributed by atoms with Crippen molar-refractivity contribution in [2.75, 3.05) is 0 Å². The summed E-state index contributed by atoms with van der Waals surface area (Å²) in [4.78, 5) is 13.4. The minimum Gasteiger partial charge on any atom is -0.264 e. The Hall–Kier alpha value is -2.81. The summed E-state index contributed by atoms with van der Waals surface area (Å²) in [6, 6.07) is 12.6. The summed E-state index contributed by atoms with van der Waals surface area (Å²) in [6.07, 6.45) is 17.6. The van der Waals surface area contributed by atoms with Gasteiger partial charge in [-0.2, -0.15) is 0 Å². The number of rotatable bonds is 5. The van der Waals surface area contributed by atoms with Crippen LogP contribution in [0.1, 0.15) is 54.0 Å². The van der Waals surface area contributed by atoms with Gasteiger partial charge in [0, 0.05) is 36.9 Å². The average Bonchev–Trinajstić information content (AvgIpc) is 2.74. The monoisotopic (exact) mass is 341 g/mol. The normalized spacial score (nSPS) is 14.3. The lowest BCUT2D eigenvalue weighted by Crippen LogP contribution is -2.09. The van der Waals surface area contributed by atoms with E-state index >= 15 is 0 Å². The molecule has 0 aliphatic heterocycles. The van der Waals surface area contributed by atoms with Crippen molar-refractivity contribution in [2.24, 2.45) is 0 Å². The van der Waals surface area contributed by atoms with Crippen LogP contribution in [0.25, 0.3) is 5.57 Å². The maximum atomic E-state index is 4.74. The Kier molecular flexibility index (Phi) is 5.15. The fourth-order valence-electron chi connectivity index (χ4n) is 3.76. The number of pyridine rings is 3. The summed E-state index contributed by atoms with van der Waals surface area (Å²) < 4.78 is 0. The minimum absolute atomic E-state index is 0.226. The number of allylic oxidation sites excluding steroid dienone is 2. The number of nitrogens with zero attached hydrogens (tertiary/aromatic N) is 3. The van der Waals surface area contributed by atoms with Crippen molar-refractivity contribution in [2.45, 2.75) is 38.0 Å². The number of hydrogen-bond donors (Lipinski definition) is 0. The molecular formula is C23H23N3. The lowest BCUT2D eigenvalue weighted by molar-refractivity contribution is 0.735. The summed E-state index contributed by atoms with van der Waals surface area (Å²) in [5.74, 6) is 0.226. The van der Waals surface area contributed by atoms with E-state index in [-0.39, 0.29) is 5.92 Å². The van der Waals surface area contributed by atoms with Gasteiger partial charge in [-0.3, -0.25) is 15.0 Å². The van der Waals surface area contributed by atoms with Crippen LogP contribution in [0.15, 0.2) is 73.5 Å². The van der Waals surface area contributed by atoms with Gasteiger partial charge in [-0.05, 0) is 72.6 Å². The van der Waals surface area contributed by atoms with E-state index in [4.69, 9.17) is 4.98 Å². The first-order valence-corrected chi connectivity index (χ1v) is 9.35. The van der Waals surface area contributed by atoms with Gasteiger partial charge >= 0.3 is 0 Å². The molecule has 0 fully saturated rings. The van der Waals surface area contributed by atoms with Gasteiger partial charge in [0.2, 0.25) is 0 Å². The van der Waals surface area contributed by atoms with E-state index in [1.54, 1.807) is 0 Å². The second kappa shape index (κ2) is 8.05. The molecule has 0 saturated carbocycles. The zero-order chi connectivity index (χ0) is 17.6. The molecule has 4 rings (SSSR count). The average molecular weight is 341 g/mol. The van der Waals surface area contributed by atoms with Gasteiger partial charge in [0.1, 0.15) is 0 Å². The van der Waals surface area contributed by atoms with Crippen LogP contribution in [-0.4, -0.2) is 15.0 Å². The molecule has 3 nitrogen and oxygen atoms in total. The van der Waals surface area contributed by atoms with E-state index in [0.717, 1.165) is 12.8 Å². The Bertz CT molecular complexity index is 833. The van der Waals surface area contributed by atoms with Gasteiger partial charge < -0.3 is 0 Å². The fraction of sp³-hybridized carbons (Fsp3) is 0.261. The van der Waals surface area contributed by atoms with Gasteiger partial charge in [0.25, 0.3) is 0 Å². The van der Waals surface area contributed by atoms with Crippen molar-refractivity contribution in [3.63, 3.8) is 0 Å². The quantitative estimate of drug-likeness (QED) is 0.640. The van der Waals surface area contributed by atoms with E-state index < -0.39 is 0 Å². The molecule has 0 atom stereocenters. The van der Waals surface area contributed by atoms with Crippen molar-refractivity contribution >= 4 is 5.57 Å². The van der Waals surface area contributed by atoms with E-state index in [9.17, 15) is 0 Å². The van der Waals surface area contributed by atoms with Crippen LogP contribution < -0.4 is 0 Å². The van der Waals surface area contributed by atoms with E-state index in [1.165, 1.54) is 47.2 Å². The van der Waals surface area contributed by atoms with Gasteiger partial charge in [-0.15, -0.1) is 0 Å². The van der Waals surface area contributed by atoms with Gasteiger partial charge in [0.05, 0.1) is 5.69 Å². The second-order valence-electron chi connectivity index (χ2n) is 6.82. The van der Waals surface area contributed by atoms with E-state index in [0.29, 0.717) is 0 Å². The van der Waals surface area contributed by atoms with Crippen LogP contribution in [0.3, 0.4) is 0 Å². The molecule has 26 heavy (non-hydrogen) atoms. The molecule has 0 unspecified atom stereocenters. The third kappa shape index (κ3) is 3.72. The van der Waals surface area contributed by atoms with Crippen molar-refractivity contribution < 1.29 is 0 Å². The molecule has 0 bridgehead atoms. The third-order valence-electron chi connectivity index (χ3n) is 5.08. The zero-order valence-electron chi connectivity index (χ0n) is 14.9. The van der Waals surface area contributed by atoms with Crippen molar-refractivity contribution in [1.82, 2.24) is 15.0 Å². The first-order chi connectivity index (χ1) is 12.9. The predicted octanol–water partition coefficient (Wildman–Crippen LogP) is 5.20. The van der Waals surface area contributed by atoms with Crippen LogP contribution in [0.5, 0.6) is 0 Å². The summed E-state index contributed by atoms with van der Waals surface area (Å²) in [6.45, 7) is 0. The lowest BCUT2D eigenvalue weighted by Gasteiger charge is -2.21. The molecule has 0 amide bonds. The molecule has 0 N–H and O–H groups in total. The number of aromatic nitrogens is 3. The molecular weight excluding hydrogens is 318 g/mol. The summed E-state index contributed by atoms with van der Waals surface area (Å²) in [5.41, 5.74) is 6.31. The Labute approximate surface area is 154 Å². The van der Waals surface area contributed by atoms with Crippen LogP contribution in [0.4, 0.5) is 0 Å². The first kappa shape index (κ1) is 16.6. The minimum atomic E-state index is 0.226. The highest BCUT2D eigenvalue weighted by Gasteiger charge is 2.19. The molecule has 0 spiro atoms. The lowest BCUT2D eigenvalue weighted by atomic mass is 9.85. The summed E-state index contributed by atoms with van der Waals surface area (Å²) >= 11 is 0. The zero-order valence-corrected chi connectivity index (χ0v) is 14.9. The van der Waals surface area contributed by atoms with E-state index in [2.05, 4.69) is 34.2 Å². The van der Waals surface area contributed by atoms with Gasteiger partial charge in [-0.1, -0.05) is 24.3 Å². The molecule has 3 aromatic rings. The summed E-state index contributed by atoms with van der Waals surface area (Å²) in [5, 5.41) is 0. The highest BCUT2D eigenvalue weighted by atomic mass is 14.7. The second-order valence-corrected chi connectivity index (χ2v) is 6.82. The highest BCUT2D eigenvalue weighted by molar-refractivity contribution is 5.66. The van der Waals surface area contributed by atoms with Crippen LogP contribution in [-0.2, 0) is 6.42 Å².